The highest BCUT2D eigenvalue weighted by Gasteiger charge is 2.42. The highest BCUT2D eigenvalue weighted by molar-refractivity contribution is 5.83. The average Bonchev–Trinajstić information content (AvgIpc) is 2.52. The van der Waals surface area contributed by atoms with Crippen molar-refractivity contribution in [3.63, 3.8) is 0 Å². The number of alkyl halides is 3. The lowest BCUT2D eigenvalue weighted by Gasteiger charge is -2.27. The first kappa shape index (κ1) is 16.8. The van der Waals surface area contributed by atoms with Crippen molar-refractivity contribution in [2.24, 2.45) is 0 Å². The number of nitro groups is 1. The standard InChI is InChI=1S/C14H13F3N2O4/c1-23-12-8-10(2-3-11(12)19(21)22)9-4-6-18(7-5-9)13(20)14(15,16)17/h2-4,8H,5-7H2,1H3. The highest BCUT2D eigenvalue weighted by atomic mass is 19.4. The SMILES string of the molecule is COc1cc(C2=CCN(C(=O)C(F)(F)F)CC2)ccc1[N+](=O)[O-]. The molecule has 0 saturated carbocycles. The Balaban J connectivity index is 2.20. The van der Waals surface area contributed by atoms with Gasteiger partial charge in [-0.05, 0) is 29.7 Å². The van der Waals surface area contributed by atoms with Crippen molar-refractivity contribution in [3.8, 4) is 5.75 Å². The van der Waals surface area contributed by atoms with Gasteiger partial charge in [0, 0.05) is 19.2 Å². The van der Waals surface area contributed by atoms with Crippen LogP contribution in [-0.4, -0.2) is 42.1 Å². The van der Waals surface area contributed by atoms with Crippen molar-refractivity contribution in [2.45, 2.75) is 12.6 Å². The number of carbonyl (C=O) groups is 1. The Morgan fingerprint density at radius 3 is 2.57 bits per heavy atom. The van der Waals surface area contributed by atoms with Crippen molar-refractivity contribution < 1.29 is 27.6 Å². The molecule has 0 saturated heterocycles. The monoisotopic (exact) mass is 330 g/mol. The molecule has 0 N–H and O–H groups in total. The molecule has 0 atom stereocenters. The zero-order valence-electron chi connectivity index (χ0n) is 12.1. The molecule has 9 heteroatoms. The predicted octanol–water partition coefficient (Wildman–Crippen LogP) is 2.78. The predicted molar refractivity (Wildman–Crippen MR) is 74.9 cm³/mol. The van der Waals surface area contributed by atoms with Crippen molar-refractivity contribution in [1.29, 1.82) is 0 Å². The lowest BCUT2D eigenvalue weighted by molar-refractivity contribution is -0.385. The van der Waals surface area contributed by atoms with E-state index in [1.807, 2.05) is 0 Å². The molecule has 0 fully saturated rings. The molecule has 2 rings (SSSR count). The minimum atomic E-state index is -4.89. The van der Waals surface area contributed by atoms with Crippen molar-refractivity contribution >= 4 is 17.2 Å². The quantitative estimate of drug-likeness (QED) is 0.631. The van der Waals surface area contributed by atoms with Crippen LogP contribution in [0.1, 0.15) is 12.0 Å². The number of carbonyl (C=O) groups excluding carboxylic acids is 1. The minimum absolute atomic E-state index is 0.0660. The van der Waals surface area contributed by atoms with Crippen LogP contribution in [0, 0.1) is 10.1 Å². The number of rotatable bonds is 3. The third kappa shape index (κ3) is 3.61. The Kier molecular flexibility index (Phi) is 4.57. The summed E-state index contributed by atoms with van der Waals surface area (Å²) in [6.07, 6.45) is -3.15. The second-order valence-electron chi connectivity index (χ2n) is 4.87. The number of ether oxygens (including phenoxy) is 1. The molecule has 0 aromatic heterocycles. The van der Waals surface area contributed by atoms with E-state index in [2.05, 4.69) is 0 Å². The fourth-order valence-electron chi connectivity index (χ4n) is 2.32. The van der Waals surface area contributed by atoms with Crippen molar-refractivity contribution in [3.05, 3.63) is 40.0 Å². The van der Waals surface area contributed by atoms with Gasteiger partial charge < -0.3 is 9.64 Å². The second-order valence-corrected chi connectivity index (χ2v) is 4.87. The van der Waals surface area contributed by atoms with Gasteiger partial charge in [-0.2, -0.15) is 13.2 Å². The number of benzene rings is 1. The Hall–Kier alpha value is -2.58. The number of nitro benzene ring substituents is 1. The van der Waals surface area contributed by atoms with E-state index in [0.29, 0.717) is 16.0 Å². The van der Waals surface area contributed by atoms with Gasteiger partial charge in [0.15, 0.2) is 5.75 Å². The average molecular weight is 330 g/mol. The fraction of sp³-hybridized carbons (Fsp3) is 0.357. The van der Waals surface area contributed by atoms with E-state index in [-0.39, 0.29) is 30.9 Å². The number of hydrogen-bond donors (Lipinski definition) is 0. The van der Waals surface area contributed by atoms with Crippen LogP contribution in [0.25, 0.3) is 5.57 Å². The number of methoxy groups -OCH3 is 1. The maximum Gasteiger partial charge on any atom is 0.471 e. The summed E-state index contributed by atoms with van der Waals surface area (Å²) in [5.41, 5.74) is 1.14. The molecule has 1 aromatic carbocycles. The van der Waals surface area contributed by atoms with E-state index in [9.17, 15) is 28.1 Å². The van der Waals surface area contributed by atoms with E-state index in [1.165, 1.54) is 31.4 Å². The maximum atomic E-state index is 12.4. The van der Waals surface area contributed by atoms with E-state index in [4.69, 9.17) is 4.74 Å². The summed E-state index contributed by atoms with van der Waals surface area (Å²) in [7, 11) is 1.30. The van der Waals surface area contributed by atoms with Gasteiger partial charge in [0.25, 0.3) is 0 Å². The molecule has 1 heterocycles. The number of hydrogen-bond acceptors (Lipinski definition) is 4. The van der Waals surface area contributed by atoms with E-state index < -0.39 is 17.0 Å². The summed E-state index contributed by atoms with van der Waals surface area (Å²) < 4.78 is 42.1. The van der Waals surface area contributed by atoms with Gasteiger partial charge in [-0.25, -0.2) is 0 Å². The molecule has 1 aliphatic rings. The van der Waals surface area contributed by atoms with Gasteiger partial charge >= 0.3 is 17.8 Å². The molecule has 0 radical (unpaired) electrons. The molecule has 1 amide bonds. The largest absolute Gasteiger partial charge is 0.490 e. The Morgan fingerprint density at radius 2 is 2.09 bits per heavy atom. The smallest absolute Gasteiger partial charge is 0.471 e. The van der Waals surface area contributed by atoms with Crippen molar-refractivity contribution in [2.75, 3.05) is 20.2 Å². The summed E-state index contributed by atoms with van der Waals surface area (Å²) in [5.74, 6) is -1.80. The first-order chi connectivity index (χ1) is 10.7. The fourth-order valence-corrected chi connectivity index (χ4v) is 2.32. The molecule has 0 spiro atoms. The van der Waals surface area contributed by atoms with Crippen LogP contribution in [-0.2, 0) is 4.79 Å². The van der Waals surface area contributed by atoms with Gasteiger partial charge in [-0.15, -0.1) is 0 Å². The summed E-state index contributed by atoms with van der Waals surface area (Å²) in [6, 6.07) is 4.25. The summed E-state index contributed by atoms with van der Waals surface area (Å²) in [5, 5.41) is 10.8. The lowest BCUT2D eigenvalue weighted by atomic mass is 9.98. The molecule has 1 aromatic rings. The summed E-state index contributed by atoms with van der Waals surface area (Å²) in [6.45, 7) is -0.226. The molecule has 6 nitrogen and oxygen atoms in total. The zero-order chi connectivity index (χ0) is 17.2. The van der Waals surface area contributed by atoms with Gasteiger partial charge in [0.2, 0.25) is 0 Å². The number of halogens is 3. The normalized spacial score (nSPS) is 15.1. The summed E-state index contributed by atoms with van der Waals surface area (Å²) >= 11 is 0. The minimum Gasteiger partial charge on any atom is -0.490 e. The van der Waals surface area contributed by atoms with Gasteiger partial charge in [0.1, 0.15) is 0 Å². The van der Waals surface area contributed by atoms with E-state index in [1.54, 1.807) is 0 Å². The number of nitrogens with zero attached hydrogens (tertiary/aromatic N) is 2. The summed E-state index contributed by atoms with van der Waals surface area (Å²) in [4.78, 5) is 22.1. The van der Waals surface area contributed by atoms with Crippen LogP contribution < -0.4 is 4.74 Å². The molecule has 1 aliphatic heterocycles. The molecule has 23 heavy (non-hydrogen) atoms. The second kappa shape index (κ2) is 6.27. The number of amides is 1. The first-order valence-electron chi connectivity index (χ1n) is 6.62. The molecule has 0 aliphatic carbocycles. The third-order valence-electron chi connectivity index (χ3n) is 3.49. The van der Waals surface area contributed by atoms with Crippen molar-refractivity contribution in [1.82, 2.24) is 4.90 Å². The zero-order valence-corrected chi connectivity index (χ0v) is 12.1. The van der Waals surface area contributed by atoms with E-state index >= 15 is 0 Å². The Morgan fingerprint density at radius 1 is 1.39 bits per heavy atom. The van der Waals surface area contributed by atoms with Crippen LogP contribution >= 0.6 is 0 Å². The van der Waals surface area contributed by atoms with Crippen LogP contribution in [0.15, 0.2) is 24.3 Å². The molecule has 0 unspecified atom stereocenters. The maximum absolute atomic E-state index is 12.4. The van der Waals surface area contributed by atoms with Crippen LogP contribution in [0.2, 0.25) is 0 Å². The Labute approximate surface area is 129 Å². The lowest BCUT2D eigenvalue weighted by Crippen LogP contribution is -2.43. The van der Waals surface area contributed by atoms with Gasteiger partial charge in [0.05, 0.1) is 12.0 Å². The van der Waals surface area contributed by atoms with Gasteiger partial charge in [-0.1, -0.05) is 6.08 Å². The van der Waals surface area contributed by atoms with Crippen LogP contribution in [0.3, 0.4) is 0 Å². The molecule has 0 bridgehead atoms. The Bertz CT molecular complexity index is 670. The molecule has 124 valence electrons. The van der Waals surface area contributed by atoms with Gasteiger partial charge in [-0.3, -0.25) is 14.9 Å². The van der Waals surface area contributed by atoms with Crippen LogP contribution in [0.4, 0.5) is 18.9 Å². The third-order valence-corrected chi connectivity index (χ3v) is 3.49. The van der Waals surface area contributed by atoms with Crippen LogP contribution in [0.5, 0.6) is 5.75 Å². The molecular weight excluding hydrogens is 317 g/mol. The topological polar surface area (TPSA) is 72.7 Å². The highest BCUT2D eigenvalue weighted by Crippen LogP contribution is 2.32. The molecular formula is C14H13F3N2O4. The first-order valence-corrected chi connectivity index (χ1v) is 6.62. The van der Waals surface area contributed by atoms with E-state index in [0.717, 1.165) is 0 Å².